The zero-order valence-electron chi connectivity index (χ0n) is 17.0. The van der Waals surface area contributed by atoms with Crippen molar-refractivity contribution in [3.63, 3.8) is 0 Å². The van der Waals surface area contributed by atoms with Gasteiger partial charge >= 0.3 is 0 Å². The molecule has 7 heteroatoms. The number of amides is 1. The number of nitrogens with one attached hydrogen (secondary N) is 2. The predicted octanol–water partition coefficient (Wildman–Crippen LogP) is 3.47. The largest absolute Gasteiger partial charge is 0.370 e. The standard InChI is InChI=1S/C22H29N3O3S/c1-3-13-23-29(27,28)21-16-19(11-12-20(21)25-14-7-8-15-25)22(26)24-17(2)18-9-5-4-6-10-18/h4-6,9-12,16-17,23H,3,7-8,13-15H2,1-2H3,(H,24,26)/t17-/m0/s1. The van der Waals surface area contributed by atoms with Crippen LogP contribution in [0.4, 0.5) is 5.69 Å². The van der Waals surface area contributed by atoms with Crippen LogP contribution < -0.4 is 14.9 Å². The van der Waals surface area contributed by atoms with E-state index in [1.165, 1.54) is 6.07 Å². The Balaban J connectivity index is 1.89. The highest BCUT2D eigenvalue weighted by Gasteiger charge is 2.25. The summed E-state index contributed by atoms with van der Waals surface area (Å²) in [5.74, 6) is -0.290. The monoisotopic (exact) mass is 415 g/mol. The number of rotatable bonds is 8. The Hall–Kier alpha value is -2.38. The summed E-state index contributed by atoms with van der Waals surface area (Å²) in [6, 6.07) is 14.5. The minimum absolute atomic E-state index is 0.174. The fourth-order valence-corrected chi connectivity index (χ4v) is 4.89. The highest BCUT2D eigenvalue weighted by atomic mass is 32.2. The summed E-state index contributed by atoms with van der Waals surface area (Å²) in [6.45, 7) is 5.84. The number of hydrogen-bond acceptors (Lipinski definition) is 4. The second kappa shape index (κ2) is 9.41. The first-order valence-corrected chi connectivity index (χ1v) is 11.6. The summed E-state index contributed by atoms with van der Waals surface area (Å²) < 4.78 is 28.5. The minimum Gasteiger partial charge on any atom is -0.370 e. The molecule has 6 nitrogen and oxygen atoms in total. The molecule has 0 bridgehead atoms. The first kappa shape index (κ1) is 21.3. The molecule has 1 heterocycles. The van der Waals surface area contributed by atoms with E-state index in [2.05, 4.69) is 14.9 Å². The van der Waals surface area contributed by atoms with Crippen LogP contribution >= 0.6 is 0 Å². The van der Waals surface area contributed by atoms with E-state index in [4.69, 9.17) is 0 Å². The third-order valence-corrected chi connectivity index (χ3v) is 6.64. The van der Waals surface area contributed by atoms with Gasteiger partial charge in [0.25, 0.3) is 5.91 Å². The summed E-state index contributed by atoms with van der Waals surface area (Å²) >= 11 is 0. The number of hydrogen-bond donors (Lipinski definition) is 2. The van der Waals surface area contributed by atoms with Gasteiger partial charge in [0.15, 0.2) is 0 Å². The van der Waals surface area contributed by atoms with Gasteiger partial charge in [-0.2, -0.15) is 0 Å². The molecule has 2 N–H and O–H groups in total. The van der Waals surface area contributed by atoms with Crippen molar-refractivity contribution in [2.45, 2.75) is 44.0 Å². The number of sulfonamides is 1. The lowest BCUT2D eigenvalue weighted by Crippen LogP contribution is -2.30. The van der Waals surface area contributed by atoms with Gasteiger partial charge in [0, 0.05) is 25.2 Å². The van der Waals surface area contributed by atoms with Crippen LogP contribution in [0, 0.1) is 0 Å². The maximum atomic E-state index is 12.9. The van der Waals surface area contributed by atoms with Crippen molar-refractivity contribution in [3.8, 4) is 0 Å². The van der Waals surface area contributed by atoms with E-state index < -0.39 is 10.0 Å². The van der Waals surface area contributed by atoms with Crippen LogP contribution in [0.25, 0.3) is 0 Å². The Morgan fingerprint density at radius 2 is 1.79 bits per heavy atom. The number of benzene rings is 2. The molecule has 1 atom stereocenters. The molecule has 0 radical (unpaired) electrons. The average Bonchev–Trinajstić information content (AvgIpc) is 3.27. The number of anilines is 1. The van der Waals surface area contributed by atoms with E-state index >= 15 is 0 Å². The van der Waals surface area contributed by atoms with E-state index in [1.807, 2.05) is 44.2 Å². The third kappa shape index (κ3) is 5.16. The van der Waals surface area contributed by atoms with Gasteiger partial charge < -0.3 is 10.2 Å². The molecule has 0 spiro atoms. The lowest BCUT2D eigenvalue weighted by molar-refractivity contribution is 0.0939. The number of nitrogens with zero attached hydrogens (tertiary/aromatic N) is 1. The van der Waals surface area contributed by atoms with Gasteiger partial charge in [-0.05, 0) is 49.9 Å². The van der Waals surface area contributed by atoms with E-state index in [9.17, 15) is 13.2 Å². The van der Waals surface area contributed by atoms with E-state index in [0.29, 0.717) is 24.2 Å². The second-order valence-electron chi connectivity index (χ2n) is 7.38. The molecule has 0 saturated carbocycles. The maximum absolute atomic E-state index is 12.9. The van der Waals surface area contributed by atoms with Gasteiger partial charge in [0.05, 0.1) is 11.7 Å². The molecular weight excluding hydrogens is 386 g/mol. The third-order valence-electron chi connectivity index (χ3n) is 5.15. The Morgan fingerprint density at radius 3 is 2.45 bits per heavy atom. The van der Waals surface area contributed by atoms with Crippen molar-refractivity contribution >= 4 is 21.6 Å². The van der Waals surface area contributed by atoms with Crippen LogP contribution in [-0.2, 0) is 10.0 Å². The quantitative estimate of drug-likeness (QED) is 0.692. The smallest absolute Gasteiger partial charge is 0.251 e. The first-order valence-electron chi connectivity index (χ1n) is 10.2. The summed E-state index contributed by atoms with van der Waals surface area (Å²) in [5.41, 5.74) is 2.00. The van der Waals surface area contributed by atoms with Gasteiger partial charge in [0.2, 0.25) is 10.0 Å². The Labute approximate surface area is 173 Å². The fraction of sp³-hybridized carbons (Fsp3) is 0.409. The normalized spacial score (nSPS) is 15.3. The Kier molecular flexibility index (Phi) is 6.92. The molecule has 29 heavy (non-hydrogen) atoms. The van der Waals surface area contributed by atoms with Gasteiger partial charge in [-0.1, -0.05) is 37.3 Å². The van der Waals surface area contributed by atoms with Crippen molar-refractivity contribution in [2.75, 3.05) is 24.5 Å². The molecule has 1 fully saturated rings. The van der Waals surface area contributed by atoms with Crippen LogP contribution in [0.2, 0.25) is 0 Å². The molecule has 2 aromatic rings. The van der Waals surface area contributed by atoms with Crippen molar-refractivity contribution < 1.29 is 13.2 Å². The van der Waals surface area contributed by atoms with Gasteiger partial charge in [-0.25, -0.2) is 13.1 Å². The fourth-order valence-electron chi connectivity index (χ4n) is 3.51. The molecule has 1 amide bonds. The second-order valence-corrected chi connectivity index (χ2v) is 9.12. The van der Waals surface area contributed by atoms with E-state index in [1.54, 1.807) is 12.1 Å². The lowest BCUT2D eigenvalue weighted by Gasteiger charge is -2.22. The summed E-state index contributed by atoms with van der Waals surface area (Å²) in [6.07, 6.45) is 2.78. The van der Waals surface area contributed by atoms with Crippen LogP contribution in [0.1, 0.15) is 55.1 Å². The van der Waals surface area contributed by atoms with Gasteiger partial charge in [-0.3, -0.25) is 4.79 Å². The van der Waals surface area contributed by atoms with Crippen molar-refractivity contribution in [1.82, 2.24) is 10.0 Å². The van der Waals surface area contributed by atoms with Crippen LogP contribution in [0.3, 0.4) is 0 Å². The first-order chi connectivity index (χ1) is 13.9. The number of carbonyl (C=O) groups is 1. The zero-order valence-corrected chi connectivity index (χ0v) is 17.8. The molecule has 1 aliphatic rings. The van der Waals surface area contributed by atoms with Crippen LogP contribution in [-0.4, -0.2) is 34.0 Å². The SMILES string of the molecule is CCCNS(=O)(=O)c1cc(C(=O)N[C@@H](C)c2ccccc2)ccc1N1CCCC1. The molecule has 1 saturated heterocycles. The molecule has 0 aromatic heterocycles. The lowest BCUT2D eigenvalue weighted by atomic mass is 10.1. The molecule has 1 aliphatic heterocycles. The summed E-state index contributed by atoms with van der Waals surface area (Å²) in [4.78, 5) is 15.1. The van der Waals surface area contributed by atoms with Crippen molar-refractivity contribution in [3.05, 3.63) is 59.7 Å². The molecule has 0 aliphatic carbocycles. The van der Waals surface area contributed by atoms with Gasteiger partial charge in [0.1, 0.15) is 4.90 Å². The molecule has 156 valence electrons. The summed E-state index contributed by atoms with van der Waals surface area (Å²) in [5, 5.41) is 2.96. The highest BCUT2D eigenvalue weighted by Crippen LogP contribution is 2.29. The van der Waals surface area contributed by atoms with Crippen LogP contribution in [0.5, 0.6) is 0 Å². The van der Waals surface area contributed by atoms with Crippen molar-refractivity contribution in [2.24, 2.45) is 0 Å². The maximum Gasteiger partial charge on any atom is 0.251 e. The van der Waals surface area contributed by atoms with Gasteiger partial charge in [-0.15, -0.1) is 0 Å². The Bertz CT molecular complexity index is 939. The average molecular weight is 416 g/mol. The highest BCUT2D eigenvalue weighted by molar-refractivity contribution is 7.89. The topological polar surface area (TPSA) is 78.5 Å². The van der Waals surface area contributed by atoms with E-state index in [0.717, 1.165) is 31.5 Å². The predicted molar refractivity (Wildman–Crippen MR) is 116 cm³/mol. The summed E-state index contributed by atoms with van der Waals surface area (Å²) in [7, 11) is -3.70. The van der Waals surface area contributed by atoms with E-state index in [-0.39, 0.29) is 16.8 Å². The molecule has 3 rings (SSSR count). The van der Waals surface area contributed by atoms with Crippen molar-refractivity contribution in [1.29, 1.82) is 0 Å². The zero-order chi connectivity index (χ0) is 20.9. The number of carbonyl (C=O) groups excluding carboxylic acids is 1. The Morgan fingerprint density at radius 1 is 1.10 bits per heavy atom. The van der Waals surface area contributed by atoms with Crippen LogP contribution in [0.15, 0.2) is 53.4 Å². The molecule has 2 aromatic carbocycles. The molecular formula is C22H29N3O3S. The molecule has 0 unspecified atom stereocenters. The minimum atomic E-state index is -3.70.